The largest absolute Gasteiger partial charge is 1.00 e. The van der Waals surface area contributed by atoms with Crippen LogP contribution >= 0.6 is 0 Å². The first-order chi connectivity index (χ1) is 3.77. The number of carbonyl (C=O) groups excluding carboxylic acids is 2. The van der Waals surface area contributed by atoms with Crippen LogP contribution < -0.4 is 29.6 Å². The molecule has 46 valence electrons. The average molecular weight is 138 g/mol. The van der Waals surface area contributed by atoms with Gasteiger partial charge in [0.15, 0.2) is 0 Å². The summed E-state index contributed by atoms with van der Waals surface area (Å²) >= 11 is 0. The molecule has 0 aromatic rings. The molecule has 0 saturated carbocycles. The van der Waals surface area contributed by atoms with Crippen molar-refractivity contribution in [3.8, 4) is 0 Å². The number of hydrogen-bond acceptors (Lipinski definition) is 3. The summed E-state index contributed by atoms with van der Waals surface area (Å²) in [6.45, 7) is 2.81. The second-order valence-electron chi connectivity index (χ2n) is 1.38. The molecule has 0 N–H and O–H groups in total. The van der Waals surface area contributed by atoms with Crippen LogP contribution in [0, 0.1) is 0 Å². The van der Waals surface area contributed by atoms with Crippen molar-refractivity contribution >= 4 is 12.3 Å². The third-order valence-electron chi connectivity index (χ3n) is 0.615. The molecule has 0 fully saturated rings. The van der Waals surface area contributed by atoms with Crippen LogP contribution in [0.25, 0.3) is 0 Å². The van der Waals surface area contributed by atoms with E-state index in [1.54, 1.807) is 0 Å². The van der Waals surface area contributed by atoms with Gasteiger partial charge >= 0.3 is 29.6 Å². The van der Waals surface area contributed by atoms with E-state index in [0.717, 1.165) is 0 Å². The fraction of sp³-hybridized carbons (Fsp3) is 0.600. The van der Waals surface area contributed by atoms with Gasteiger partial charge in [-0.2, -0.15) is 0 Å². The monoisotopic (exact) mass is 138 g/mol. The summed E-state index contributed by atoms with van der Waals surface area (Å²) in [5.74, 6) is 0.0141. The standard InChI is InChI=1S/C5H7O3.Na/c1-5(7)2-3-8-4-6;/h2-3H2,1H3;/q-1;+1. The summed E-state index contributed by atoms with van der Waals surface area (Å²) in [6, 6.07) is 0. The van der Waals surface area contributed by atoms with Crippen molar-refractivity contribution < 1.29 is 43.9 Å². The number of hydrogen-bond donors (Lipinski definition) is 0. The molecule has 3 nitrogen and oxygen atoms in total. The van der Waals surface area contributed by atoms with Crippen molar-refractivity contribution in [1.29, 1.82) is 0 Å². The molecule has 0 aromatic carbocycles. The maximum Gasteiger partial charge on any atom is 1.00 e. The van der Waals surface area contributed by atoms with Crippen molar-refractivity contribution in [1.82, 2.24) is 0 Å². The Balaban J connectivity index is 0. The van der Waals surface area contributed by atoms with Crippen LogP contribution in [0.2, 0.25) is 0 Å². The summed E-state index contributed by atoms with van der Waals surface area (Å²) < 4.78 is 4.12. The first kappa shape index (κ1) is 11.9. The second-order valence-corrected chi connectivity index (χ2v) is 1.38. The fourth-order valence-corrected chi connectivity index (χ4v) is 0.236. The van der Waals surface area contributed by atoms with Gasteiger partial charge in [0, 0.05) is 6.42 Å². The summed E-state index contributed by atoms with van der Waals surface area (Å²) in [4.78, 5) is 19.4. The Labute approximate surface area is 76.0 Å². The molecule has 0 spiro atoms. The Bertz CT molecular complexity index is 92.2. The second kappa shape index (κ2) is 8.14. The van der Waals surface area contributed by atoms with Crippen LogP contribution in [0.1, 0.15) is 13.3 Å². The van der Waals surface area contributed by atoms with Gasteiger partial charge in [-0.1, -0.05) is 6.47 Å². The minimum absolute atomic E-state index is 0. The Morgan fingerprint density at radius 2 is 2.22 bits per heavy atom. The third kappa shape index (κ3) is 11.6. The maximum atomic E-state index is 10.1. The zero-order chi connectivity index (χ0) is 6.41. The number of Topliss-reactive ketones (excluding diaryl/α,β-unsaturated/α-hetero) is 1. The van der Waals surface area contributed by atoms with Gasteiger partial charge < -0.3 is 9.53 Å². The van der Waals surface area contributed by atoms with Gasteiger partial charge in [0.2, 0.25) is 0 Å². The summed E-state index contributed by atoms with van der Waals surface area (Å²) in [7, 11) is 0. The number of carbonyl (C=O) groups is 1. The van der Waals surface area contributed by atoms with Crippen LogP contribution in [0.5, 0.6) is 0 Å². The van der Waals surface area contributed by atoms with E-state index in [2.05, 4.69) is 4.74 Å². The van der Waals surface area contributed by atoms with Crippen LogP contribution in [0.4, 0.5) is 0 Å². The molecule has 4 heteroatoms. The Morgan fingerprint density at radius 1 is 1.67 bits per heavy atom. The van der Waals surface area contributed by atoms with Gasteiger partial charge in [0.05, 0.1) is 6.61 Å². The van der Waals surface area contributed by atoms with E-state index in [1.807, 2.05) is 0 Å². The summed E-state index contributed by atoms with van der Waals surface area (Å²) in [6.07, 6.45) is 0.287. The molecule has 0 aromatic heterocycles. The van der Waals surface area contributed by atoms with E-state index in [1.165, 1.54) is 13.4 Å². The first-order valence-electron chi connectivity index (χ1n) is 2.25. The molecule has 0 heterocycles. The molecular formula is C5H7NaO3. The third-order valence-corrected chi connectivity index (χ3v) is 0.615. The maximum absolute atomic E-state index is 10.1. The molecule has 0 aliphatic heterocycles. The molecular weight excluding hydrogens is 131 g/mol. The predicted molar refractivity (Wildman–Crippen MR) is 26.9 cm³/mol. The van der Waals surface area contributed by atoms with Crippen molar-refractivity contribution in [3.63, 3.8) is 0 Å². The molecule has 0 aliphatic rings. The van der Waals surface area contributed by atoms with E-state index >= 15 is 0 Å². The zero-order valence-electron chi connectivity index (χ0n) is 5.64. The van der Waals surface area contributed by atoms with E-state index in [-0.39, 0.29) is 48.4 Å². The Hall–Kier alpha value is 0.140. The molecule has 0 radical (unpaired) electrons. The minimum Gasteiger partial charge on any atom is -0.652 e. The van der Waals surface area contributed by atoms with E-state index in [0.29, 0.717) is 0 Å². The van der Waals surface area contributed by atoms with Crippen molar-refractivity contribution in [2.24, 2.45) is 0 Å². The summed E-state index contributed by atoms with van der Waals surface area (Å²) in [5, 5.41) is 0. The van der Waals surface area contributed by atoms with Gasteiger partial charge in [-0.05, 0) is 6.92 Å². The molecule has 9 heavy (non-hydrogen) atoms. The predicted octanol–water partition coefficient (Wildman–Crippen LogP) is -2.95. The van der Waals surface area contributed by atoms with Gasteiger partial charge in [-0.15, -0.1) is 0 Å². The Kier molecular flexibility index (Phi) is 10.7. The van der Waals surface area contributed by atoms with E-state index < -0.39 is 0 Å². The van der Waals surface area contributed by atoms with Gasteiger partial charge in [0.1, 0.15) is 5.78 Å². The molecule has 0 unspecified atom stereocenters. The first-order valence-corrected chi connectivity index (χ1v) is 2.25. The van der Waals surface area contributed by atoms with Crippen molar-refractivity contribution in [3.05, 3.63) is 0 Å². The van der Waals surface area contributed by atoms with Crippen LogP contribution in [-0.2, 0) is 14.3 Å². The fourth-order valence-electron chi connectivity index (χ4n) is 0.236. The zero-order valence-corrected chi connectivity index (χ0v) is 7.64. The smallest absolute Gasteiger partial charge is 0.652 e. The van der Waals surface area contributed by atoms with Gasteiger partial charge in [-0.25, -0.2) is 0 Å². The molecule has 0 amide bonds. The minimum atomic E-state index is 0. The van der Waals surface area contributed by atoms with Crippen molar-refractivity contribution in [2.75, 3.05) is 6.61 Å². The van der Waals surface area contributed by atoms with E-state index in [9.17, 15) is 9.59 Å². The van der Waals surface area contributed by atoms with Gasteiger partial charge in [0.25, 0.3) is 0 Å². The molecule has 0 atom stereocenters. The molecule has 0 aliphatic carbocycles. The molecule has 0 bridgehead atoms. The van der Waals surface area contributed by atoms with E-state index in [4.69, 9.17) is 0 Å². The Morgan fingerprint density at radius 3 is 2.56 bits per heavy atom. The number of rotatable bonds is 4. The van der Waals surface area contributed by atoms with Crippen LogP contribution in [0.15, 0.2) is 0 Å². The van der Waals surface area contributed by atoms with Crippen LogP contribution in [-0.4, -0.2) is 18.9 Å². The number of ether oxygens (including phenoxy) is 1. The summed E-state index contributed by atoms with van der Waals surface area (Å²) in [5.41, 5.74) is 0. The van der Waals surface area contributed by atoms with Gasteiger partial charge in [-0.3, -0.25) is 4.79 Å². The number of ketones is 1. The topological polar surface area (TPSA) is 43.4 Å². The average Bonchev–Trinajstić information content (AvgIpc) is 1.66. The normalized spacial score (nSPS) is 7.22. The molecule has 0 saturated heterocycles. The quantitative estimate of drug-likeness (QED) is 0.237. The van der Waals surface area contributed by atoms with Crippen LogP contribution in [0.3, 0.4) is 0 Å². The SMILES string of the molecule is CC(=O)CCO[C-]=O.[Na+]. The van der Waals surface area contributed by atoms with Crippen molar-refractivity contribution in [2.45, 2.75) is 13.3 Å². The molecule has 0 rings (SSSR count).